The van der Waals surface area contributed by atoms with Gasteiger partial charge >= 0.3 is 0 Å². The van der Waals surface area contributed by atoms with Crippen molar-refractivity contribution >= 4 is 0 Å². The van der Waals surface area contributed by atoms with E-state index in [2.05, 4.69) is 4.98 Å². The molecular formula is C11H17NO3. The molecule has 0 radical (unpaired) electrons. The van der Waals surface area contributed by atoms with E-state index in [0.717, 1.165) is 5.69 Å². The summed E-state index contributed by atoms with van der Waals surface area (Å²) in [4.78, 5) is 4.21. The van der Waals surface area contributed by atoms with Crippen molar-refractivity contribution in [2.24, 2.45) is 0 Å². The molecule has 0 bridgehead atoms. The average molecular weight is 211 g/mol. The fourth-order valence-corrected chi connectivity index (χ4v) is 1.37. The number of hydrogen-bond acceptors (Lipinski definition) is 4. The van der Waals surface area contributed by atoms with E-state index in [0.29, 0.717) is 24.3 Å². The zero-order valence-electron chi connectivity index (χ0n) is 9.36. The van der Waals surface area contributed by atoms with Gasteiger partial charge in [-0.05, 0) is 19.8 Å². The van der Waals surface area contributed by atoms with Crippen LogP contribution in [0.1, 0.15) is 19.0 Å². The maximum atomic E-state index is 9.20. The van der Waals surface area contributed by atoms with Gasteiger partial charge in [0.05, 0.1) is 26.0 Å². The van der Waals surface area contributed by atoms with Gasteiger partial charge in [-0.15, -0.1) is 0 Å². The highest BCUT2D eigenvalue weighted by atomic mass is 16.5. The van der Waals surface area contributed by atoms with Crippen LogP contribution in [0.2, 0.25) is 0 Å². The molecule has 84 valence electrons. The molecular weight excluding hydrogens is 194 g/mol. The van der Waals surface area contributed by atoms with Gasteiger partial charge in [-0.2, -0.15) is 0 Å². The second kappa shape index (κ2) is 5.56. The Labute approximate surface area is 89.9 Å². The maximum absolute atomic E-state index is 9.20. The fourth-order valence-electron chi connectivity index (χ4n) is 1.37. The van der Waals surface area contributed by atoms with E-state index in [1.807, 2.05) is 0 Å². The Morgan fingerprint density at radius 3 is 2.67 bits per heavy atom. The van der Waals surface area contributed by atoms with Gasteiger partial charge in [-0.3, -0.25) is 4.98 Å². The quantitative estimate of drug-likeness (QED) is 0.800. The van der Waals surface area contributed by atoms with Gasteiger partial charge in [0.1, 0.15) is 0 Å². The molecule has 0 amide bonds. The van der Waals surface area contributed by atoms with Crippen LogP contribution in [0.3, 0.4) is 0 Å². The first-order valence-corrected chi connectivity index (χ1v) is 4.93. The predicted octanol–water partition coefficient (Wildman–Crippen LogP) is 1.41. The third-order valence-corrected chi connectivity index (χ3v) is 2.17. The molecule has 0 fully saturated rings. The number of aromatic nitrogens is 1. The highest BCUT2D eigenvalue weighted by Crippen LogP contribution is 2.29. The van der Waals surface area contributed by atoms with E-state index < -0.39 is 0 Å². The minimum atomic E-state index is -0.331. The normalized spacial score (nSPS) is 12.3. The van der Waals surface area contributed by atoms with Crippen LogP contribution in [0.5, 0.6) is 11.5 Å². The van der Waals surface area contributed by atoms with Crippen LogP contribution in [-0.4, -0.2) is 30.4 Å². The van der Waals surface area contributed by atoms with Crippen molar-refractivity contribution in [3.05, 3.63) is 18.0 Å². The van der Waals surface area contributed by atoms with Gasteiger partial charge in [-0.25, -0.2) is 0 Å². The first kappa shape index (κ1) is 11.8. The van der Waals surface area contributed by atoms with E-state index in [-0.39, 0.29) is 6.10 Å². The SMILES string of the molecule is COc1ccnc(CCC(C)O)c1OC. The zero-order chi connectivity index (χ0) is 11.3. The van der Waals surface area contributed by atoms with Gasteiger partial charge in [-0.1, -0.05) is 0 Å². The topological polar surface area (TPSA) is 51.6 Å². The Morgan fingerprint density at radius 1 is 1.40 bits per heavy atom. The van der Waals surface area contributed by atoms with Crippen LogP contribution < -0.4 is 9.47 Å². The number of ether oxygens (including phenoxy) is 2. The van der Waals surface area contributed by atoms with Crippen LogP contribution in [0.15, 0.2) is 12.3 Å². The van der Waals surface area contributed by atoms with Gasteiger partial charge in [0.2, 0.25) is 0 Å². The van der Waals surface area contributed by atoms with Crippen molar-refractivity contribution in [2.45, 2.75) is 25.9 Å². The molecule has 15 heavy (non-hydrogen) atoms. The maximum Gasteiger partial charge on any atom is 0.182 e. The van der Waals surface area contributed by atoms with Crippen molar-refractivity contribution in [2.75, 3.05) is 14.2 Å². The summed E-state index contributed by atoms with van der Waals surface area (Å²) in [6.07, 6.45) is 2.69. The fraction of sp³-hybridized carbons (Fsp3) is 0.545. The molecule has 0 spiro atoms. The summed E-state index contributed by atoms with van der Waals surface area (Å²) >= 11 is 0. The van der Waals surface area contributed by atoms with Crippen molar-refractivity contribution < 1.29 is 14.6 Å². The molecule has 1 N–H and O–H groups in total. The van der Waals surface area contributed by atoms with Gasteiger partial charge in [0.25, 0.3) is 0 Å². The van der Waals surface area contributed by atoms with Gasteiger partial charge in [0, 0.05) is 12.3 Å². The standard InChI is InChI=1S/C11H17NO3/c1-8(13)4-5-9-11(15-3)10(14-2)6-7-12-9/h6-8,13H,4-5H2,1-3H3. The van der Waals surface area contributed by atoms with Crippen LogP contribution in [0, 0.1) is 0 Å². The lowest BCUT2D eigenvalue weighted by atomic mass is 10.1. The third kappa shape index (κ3) is 3.09. The first-order chi connectivity index (χ1) is 7.19. The number of methoxy groups -OCH3 is 2. The van der Waals surface area contributed by atoms with E-state index >= 15 is 0 Å². The largest absolute Gasteiger partial charge is 0.493 e. The number of nitrogens with zero attached hydrogens (tertiary/aromatic N) is 1. The number of pyridine rings is 1. The number of hydrogen-bond donors (Lipinski definition) is 1. The molecule has 1 aromatic rings. The summed E-state index contributed by atoms with van der Waals surface area (Å²) in [5, 5.41) is 9.20. The molecule has 1 atom stereocenters. The summed E-state index contributed by atoms with van der Waals surface area (Å²) in [5.74, 6) is 1.33. The molecule has 4 heteroatoms. The summed E-state index contributed by atoms with van der Waals surface area (Å²) in [5.41, 5.74) is 0.817. The summed E-state index contributed by atoms with van der Waals surface area (Å²) in [6.45, 7) is 1.76. The number of aliphatic hydroxyl groups excluding tert-OH is 1. The Kier molecular flexibility index (Phi) is 4.37. The summed E-state index contributed by atoms with van der Waals surface area (Å²) in [6, 6.07) is 1.75. The van der Waals surface area contributed by atoms with Crippen molar-refractivity contribution in [3.8, 4) is 11.5 Å². The Morgan fingerprint density at radius 2 is 2.13 bits per heavy atom. The molecule has 1 rings (SSSR count). The van der Waals surface area contributed by atoms with Crippen LogP contribution in [0.25, 0.3) is 0 Å². The van der Waals surface area contributed by atoms with Crippen molar-refractivity contribution in [1.29, 1.82) is 0 Å². The lowest BCUT2D eigenvalue weighted by Crippen LogP contribution is -2.05. The number of aryl methyl sites for hydroxylation is 1. The van der Waals surface area contributed by atoms with E-state index in [1.165, 1.54) is 0 Å². The van der Waals surface area contributed by atoms with Crippen molar-refractivity contribution in [1.82, 2.24) is 4.98 Å². The Bertz CT molecular complexity index is 313. The average Bonchev–Trinajstić information content (AvgIpc) is 2.25. The van der Waals surface area contributed by atoms with Gasteiger partial charge in [0.15, 0.2) is 11.5 Å². The lowest BCUT2D eigenvalue weighted by Gasteiger charge is -2.11. The molecule has 0 aliphatic carbocycles. The van der Waals surface area contributed by atoms with Crippen LogP contribution in [0.4, 0.5) is 0 Å². The monoisotopic (exact) mass is 211 g/mol. The molecule has 0 saturated carbocycles. The second-order valence-electron chi connectivity index (χ2n) is 3.38. The van der Waals surface area contributed by atoms with Crippen LogP contribution in [-0.2, 0) is 6.42 Å². The highest BCUT2D eigenvalue weighted by molar-refractivity contribution is 5.42. The minimum absolute atomic E-state index is 0.331. The Balaban J connectivity index is 2.86. The predicted molar refractivity (Wildman–Crippen MR) is 57.3 cm³/mol. The third-order valence-electron chi connectivity index (χ3n) is 2.17. The molecule has 0 aliphatic heterocycles. The van der Waals surface area contributed by atoms with E-state index in [9.17, 15) is 5.11 Å². The number of rotatable bonds is 5. The van der Waals surface area contributed by atoms with Gasteiger partial charge < -0.3 is 14.6 Å². The molecule has 1 aromatic heterocycles. The summed E-state index contributed by atoms with van der Waals surface area (Å²) in [7, 11) is 3.18. The summed E-state index contributed by atoms with van der Waals surface area (Å²) < 4.78 is 10.4. The highest BCUT2D eigenvalue weighted by Gasteiger charge is 2.11. The Hall–Kier alpha value is -1.29. The minimum Gasteiger partial charge on any atom is -0.493 e. The first-order valence-electron chi connectivity index (χ1n) is 4.93. The second-order valence-corrected chi connectivity index (χ2v) is 3.38. The van der Waals surface area contributed by atoms with E-state index in [4.69, 9.17) is 9.47 Å². The smallest absolute Gasteiger partial charge is 0.182 e. The molecule has 1 heterocycles. The molecule has 1 unspecified atom stereocenters. The molecule has 0 aliphatic rings. The number of aliphatic hydroxyl groups is 1. The molecule has 4 nitrogen and oxygen atoms in total. The molecule has 0 aromatic carbocycles. The molecule has 0 saturated heterocycles. The zero-order valence-corrected chi connectivity index (χ0v) is 9.36. The van der Waals surface area contributed by atoms with E-state index in [1.54, 1.807) is 33.4 Å². The van der Waals surface area contributed by atoms with Crippen molar-refractivity contribution in [3.63, 3.8) is 0 Å². The lowest BCUT2D eigenvalue weighted by molar-refractivity contribution is 0.184. The van der Waals surface area contributed by atoms with Crippen LogP contribution >= 0.6 is 0 Å².